The summed E-state index contributed by atoms with van der Waals surface area (Å²) in [6, 6.07) is 1.82. The number of nitrogens with one attached hydrogen (secondary N) is 2. The van der Waals surface area contributed by atoms with Gasteiger partial charge in [-0.3, -0.25) is 4.98 Å². The van der Waals surface area contributed by atoms with Gasteiger partial charge in [-0.25, -0.2) is 18.7 Å². The molecule has 3 heterocycles. The van der Waals surface area contributed by atoms with Crippen LogP contribution in [0.4, 0.5) is 20.5 Å². The molecule has 0 spiro atoms. The molecule has 0 saturated heterocycles. The molecule has 0 radical (unpaired) electrons. The van der Waals surface area contributed by atoms with Crippen LogP contribution in [-0.4, -0.2) is 50.7 Å². The highest BCUT2D eigenvalue weighted by Crippen LogP contribution is 2.35. The molecule has 154 valence electrons. The number of pyridine rings is 1. The lowest BCUT2D eigenvalue weighted by molar-refractivity contribution is 0.163. The van der Waals surface area contributed by atoms with E-state index in [9.17, 15) is 13.9 Å². The minimum Gasteiger partial charge on any atom is -0.436 e. The Kier molecular flexibility index (Phi) is 5.52. The zero-order valence-corrected chi connectivity index (χ0v) is 15.9. The molecule has 1 saturated carbocycles. The van der Waals surface area contributed by atoms with Crippen molar-refractivity contribution in [2.24, 2.45) is 5.92 Å². The molecule has 1 aliphatic rings. The molecular weight excluding hydrogens is 382 g/mol. The van der Waals surface area contributed by atoms with E-state index >= 15 is 0 Å². The first-order valence-electron chi connectivity index (χ1n) is 9.52. The maximum atomic E-state index is 12.6. The maximum Gasteiger partial charge on any atom is 0.255 e. The minimum atomic E-state index is -2.51. The summed E-state index contributed by atoms with van der Waals surface area (Å²) in [7, 11) is 0. The molecule has 3 N–H and O–H groups in total. The monoisotopic (exact) mass is 404 g/mol. The third-order valence-electron chi connectivity index (χ3n) is 5.05. The highest BCUT2D eigenvalue weighted by atomic mass is 19.3. The van der Waals surface area contributed by atoms with Gasteiger partial charge in [0.15, 0.2) is 5.58 Å². The number of rotatable bonds is 7. The Morgan fingerprint density at radius 3 is 2.86 bits per heavy atom. The number of aryl methyl sites for hydroxylation is 1. The fourth-order valence-electron chi connectivity index (χ4n) is 3.63. The number of alkyl halides is 2. The Balaban J connectivity index is 1.71. The van der Waals surface area contributed by atoms with Crippen molar-refractivity contribution in [2.75, 3.05) is 23.8 Å². The first-order chi connectivity index (χ1) is 14.0. The Bertz CT molecular complexity index is 963. The molecule has 0 amide bonds. The fourth-order valence-corrected chi connectivity index (χ4v) is 3.63. The fraction of sp³-hybridized carbons (Fsp3) is 0.474. The summed E-state index contributed by atoms with van der Waals surface area (Å²) < 4.78 is 31.1. The van der Waals surface area contributed by atoms with Gasteiger partial charge in [-0.15, -0.1) is 0 Å². The third kappa shape index (κ3) is 4.26. The van der Waals surface area contributed by atoms with E-state index < -0.39 is 13.0 Å². The Morgan fingerprint density at radius 2 is 2.14 bits per heavy atom. The zero-order chi connectivity index (χ0) is 20.4. The van der Waals surface area contributed by atoms with Crippen molar-refractivity contribution >= 4 is 22.9 Å². The predicted octanol–water partition coefficient (Wildman–Crippen LogP) is 3.24. The maximum absolute atomic E-state index is 12.6. The van der Waals surface area contributed by atoms with Gasteiger partial charge >= 0.3 is 0 Å². The number of hydrogen-bond donors (Lipinski definition) is 3. The summed E-state index contributed by atoms with van der Waals surface area (Å²) in [5.41, 5.74) is 2.32. The van der Waals surface area contributed by atoms with Gasteiger partial charge in [-0.2, -0.15) is 4.98 Å². The van der Waals surface area contributed by atoms with Gasteiger partial charge in [-0.05, 0) is 32.1 Å². The molecule has 2 atom stereocenters. The van der Waals surface area contributed by atoms with Crippen molar-refractivity contribution in [2.45, 2.75) is 38.7 Å². The van der Waals surface area contributed by atoms with Gasteiger partial charge in [0.25, 0.3) is 6.43 Å². The van der Waals surface area contributed by atoms with Gasteiger partial charge in [0, 0.05) is 24.9 Å². The largest absolute Gasteiger partial charge is 0.436 e. The number of anilines is 2. The van der Waals surface area contributed by atoms with Gasteiger partial charge in [0.05, 0.1) is 18.4 Å². The van der Waals surface area contributed by atoms with Crippen molar-refractivity contribution < 1.29 is 18.3 Å². The number of aliphatic hydroxyl groups is 1. The van der Waals surface area contributed by atoms with E-state index in [4.69, 9.17) is 4.42 Å². The average molecular weight is 404 g/mol. The summed E-state index contributed by atoms with van der Waals surface area (Å²) in [5, 5.41) is 15.4. The average Bonchev–Trinajstić information content (AvgIpc) is 3.32. The van der Waals surface area contributed by atoms with E-state index in [1.54, 1.807) is 25.4 Å². The lowest BCUT2D eigenvalue weighted by Gasteiger charge is -2.18. The highest BCUT2D eigenvalue weighted by molar-refractivity contribution is 5.79. The molecule has 3 aromatic heterocycles. The summed E-state index contributed by atoms with van der Waals surface area (Å²) in [6.07, 6.45) is 3.30. The number of oxazole rings is 1. The van der Waals surface area contributed by atoms with Crippen LogP contribution in [0.3, 0.4) is 0 Å². The number of aromatic nitrogens is 4. The Labute approximate surface area is 165 Å². The van der Waals surface area contributed by atoms with Crippen LogP contribution in [-0.2, 0) is 0 Å². The minimum absolute atomic E-state index is 0.106. The molecule has 10 heteroatoms. The lowest BCUT2D eigenvalue weighted by Crippen LogP contribution is -2.20. The first kappa shape index (κ1) is 19.4. The van der Waals surface area contributed by atoms with Gasteiger partial charge in [-0.1, -0.05) is 0 Å². The summed E-state index contributed by atoms with van der Waals surface area (Å²) in [5.74, 6) is 1.16. The number of aliphatic hydroxyl groups excluding tert-OH is 1. The molecule has 0 aliphatic heterocycles. The molecule has 1 fully saturated rings. The summed E-state index contributed by atoms with van der Waals surface area (Å²) >= 11 is 0. The molecule has 1 aliphatic carbocycles. The zero-order valence-electron chi connectivity index (χ0n) is 15.9. The number of halogens is 2. The van der Waals surface area contributed by atoms with Crippen LogP contribution < -0.4 is 10.6 Å². The van der Waals surface area contributed by atoms with Crippen molar-refractivity contribution in [1.29, 1.82) is 0 Å². The van der Waals surface area contributed by atoms with Crippen LogP contribution >= 0.6 is 0 Å². The normalized spacial score (nSPS) is 19.2. The van der Waals surface area contributed by atoms with Crippen LogP contribution in [0.1, 0.15) is 25.0 Å². The first-order valence-corrected chi connectivity index (χ1v) is 9.52. The van der Waals surface area contributed by atoms with Gasteiger partial charge < -0.3 is 20.2 Å². The van der Waals surface area contributed by atoms with Crippen LogP contribution in [0.5, 0.6) is 0 Å². The van der Waals surface area contributed by atoms with Crippen molar-refractivity contribution in [3.63, 3.8) is 0 Å². The van der Waals surface area contributed by atoms with Crippen molar-refractivity contribution in [3.8, 4) is 11.5 Å². The smallest absolute Gasteiger partial charge is 0.255 e. The Morgan fingerprint density at radius 1 is 1.28 bits per heavy atom. The van der Waals surface area contributed by atoms with E-state index in [2.05, 4.69) is 30.6 Å². The Hall–Kier alpha value is -2.88. The molecule has 0 unspecified atom stereocenters. The second-order valence-corrected chi connectivity index (χ2v) is 7.19. The van der Waals surface area contributed by atoms with Crippen LogP contribution in [0, 0.1) is 12.8 Å². The van der Waals surface area contributed by atoms with Crippen LogP contribution in [0.25, 0.3) is 22.6 Å². The molecule has 29 heavy (non-hydrogen) atoms. The number of hydrogen-bond acceptors (Lipinski definition) is 8. The van der Waals surface area contributed by atoms with Crippen LogP contribution in [0.15, 0.2) is 22.9 Å². The third-order valence-corrected chi connectivity index (χ3v) is 5.05. The van der Waals surface area contributed by atoms with Crippen molar-refractivity contribution in [3.05, 3.63) is 24.2 Å². The van der Waals surface area contributed by atoms with E-state index in [-0.39, 0.29) is 24.5 Å². The quantitative estimate of drug-likeness (QED) is 0.551. The second kappa shape index (κ2) is 8.24. The van der Waals surface area contributed by atoms with Crippen LogP contribution in [0.2, 0.25) is 0 Å². The van der Waals surface area contributed by atoms with Crippen molar-refractivity contribution in [1.82, 2.24) is 19.9 Å². The molecule has 4 rings (SSSR count). The van der Waals surface area contributed by atoms with Gasteiger partial charge in [0.1, 0.15) is 16.9 Å². The summed E-state index contributed by atoms with van der Waals surface area (Å²) in [4.78, 5) is 17.3. The van der Waals surface area contributed by atoms with Gasteiger partial charge in [0.2, 0.25) is 11.8 Å². The lowest BCUT2D eigenvalue weighted by atomic mass is 10.1. The molecular formula is C19H22F2N6O2. The molecule has 0 bridgehead atoms. The number of fused-ring (bicyclic) bond motifs is 1. The van der Waals surface area contributed by atoms with E-state index in [0.29, 0.717) is 34.1 Å². The molecule has 8 nitrogen and oxygen atoms in total. The van der Waals surface area contributed by atoms with E-state index in [0.717, 1.165) is 19.3 Å². The molecule has 0 aromatic carbocycles. The second-order valence-electron chi connectivity index (χ2n) is 7.19. The van der Waals surface area contributed by atoms with E-state index in [1.807, 2.05) is 0 Å². The molecule has 3 aromatic rings. The highest BCUT2D eigenvalue weighted by Gasteiger charge is 2.27. The SMILES string of the molecule is Cc1nc(NCC(F)F)nc(N[C@H]2CC[C@@H](CO)C2)c1-c1nc2cnccc2o1. The standard InChI is InChI=1S/C19H22F2N6O2/c1-10-16(18-26-13-7-22-5-4-14(13)29-18)17(25-12-3-2-11(6-12)9-28)27-19(24-10)23-8-15(20)21/h4-5,7,11-12,15,28H,2-3,6,8-9H2,1H3,(H2,23,24,25,27)/t11-,12+/m1/s1. The number of nitrogens with zero attached hydrogens (tertiary/aromatic N) is 4. The summed E-state index contributed by atoms with van der Waals surface area (Å²) in [6.45, 7) is 1.37. The predicted molar refractivity (Wildman–Crippen MR) is 104 cm³/mol. The van der Waals surface area contributed by atoms with E-state index in [1.165, 1.54) is 0 Å². The topological polar surface area (TPSA) is 109 Å².